The van der Waals surface area contributed by atoms with E-state index in [-0.39, 0.29) is 5.41 Å². The van der Waals surface area contributed by atoms with Gasteiger partial charge in [-0.25, -0.2) is 0 Å². The minimum atomic E-state index is 0.243. The highest BCUT2D eigenvalue weighted by Crippen LogP contribution is 2.69. The number of benzene rings is 3. The molecule has 4 fully saturated rings. The summed E-state index contributed by atoms with van der Waals surface area (Å²) in [5.41, 5.74) is 6.35. The van der Waals surface area contributed by atoms with Crippen LogP contribution in [-0.4, -0.2) is 0 Å². The minimum Gasteiger partial charge on any atom is -0.0843 e. The molecule has 0 saturated heterocycles. The van der Waals surface area contributed by atoms with Crippen molar-refractivity contribution in [3.05, 3.63) is 70.7 Å². The fourth-order valence-corrected chi connectivity index (χ4v) is 8.11. The maximum Gasteiger partial charge on any atom is 0.0412 e. The van der Waals surface area contributed by atoms with Crippen LogP contribution in [-0.2, 0) is 5.41 Å². The summed E-state index contributed by atoms with van der Waals surface area (Å²) in [4.78, 5) is 0. The molecule has 3 aromatic carbocycles. The van der Waals surface area contributed by atoms with Crippen LogP contribution < -0.4 is 0 Å². The highest BCUT2D eigenvalue weighted by atomic mass is 35.5. The van der Waals surface area contributed by atoms with Crippen LogP contribution in [0, 0.1) is 23.7 Å². The first-order valence-corrected chi connectivity index (χ1v) is 11.0. The summed E-state index contributed by atoms with van der Waals surface area (Å²) in [7, 11) is 0. The summed E-state index contributed by atoms with van der Waals surface area (Å²) in [5, 5.41) is 3.63. The van der Waals surface area contributed by atoms with Gasteiger partial charge in [0, 0.05) is 10.4 Å². The first kappa shape index (κ1) is 15.2. The predicted molar refractivity (Wildman–Crippen MR) is 112 cm³/mol. The Morgan fingerprint density at radius 2 is 1.44 bits per heavy atom. The molecule has 0 aromatic heterocycles. The van der Waals surface area contributed by atoms with E-state index in [0.29, 0.717) is 0 Å². The van der Waals surface area contributed by atoms with E-state index < -0.39 is 0 Å². The number of hydrogen-bond acceptors (Lipinski definition) is 0. The standard InChI is InChI=1S/C26H23Cl/c27-20-6-8-23-22(14-20)25-21-4-2-1-3-17(21)5-7-24(25)26(23)18-10-15-9-16(12-18)13-19(26)11-15/h1-8,14-16,18-19H,9-13H2. The van der Waals surface area contributed by atoms with Crippen LogP contribution in [0.1, 0.15) is 43.2 Å². The molecule has 0 amide bonds. The number of fused-ring (bicyclic) bond motifs is 5. The highest BCUT2D eigenvalue weighted by Gasteiger charge is 2.61. The first-order valence-electron chi connectivity index (χ1n) is 10.6. The van der Waals surface area contributed by atoms with E-state index in [2.05, 4.69) is 54.6 Å². The Morgan fingerprint density at radius 1 is 0.741 bits per heavy atom. The Bertz CT molecular complexity index is 1080. The molecule has 0 N–H and O–H groups in total. The topological polar surface area (TPSA) is 0 Å². The van der Waals surface area contributed by atoms with Crippen LogP contribution in [0.5, 0.6) is 0 Å². The zero-order valence-corrected chi connectivity index (χ0v) is 16.2. The average Bonchev–Trinajstić information content (AvgIpc) is 2.96. The van der Waals surface area contributed by atoms with Crippen LogP contribution in [0.4, 0.5) is 0 Å². The van der Waals surface area contributed by atoms with E-state index in [1.807, 2.05) is 0 Å². The molecular formula is C26H23Cl. The van der Waals surface area contributed by atoms with E-state index in [1.165, 1.54) is 54.0 Å². The van der Waals surface area contributed by atoms with Crippen LogP contribution in [0.3, 0.4) is 0 Å². The largest absolute Gasteiger partial charge is 0.0843 e. The molecule has 4 saturated carbocycles. The molecule has 8 rings (SSSR count). The molecule has 0 unspecified atom stereocenters. The molecule has 3 aromatic rings. The van der Waals surface area contributed by atoms with Crippen molar-refractivity contribution in [2.24, 2.45) is 23.7 Å². The lowest BCUT2D eigenvalue weighted by Crippen LogP contribution is -2.55. The van der Waals surface area contributed by atoms with Gasteiger partial charge < -0.3 is 0 Å². The average molecular weight is 371 g/mol. The van der Waals surface area contributed by atoms with E-state index in [1.54, 1.807) is 11.1 Å². The molecule has 1 spiro atoms. The lowest BCUT2D eigenvalue weighted by Gasteiger charge is -2.61. The van der Waals surface area contributed by atoms with Crippen molar-refractivity contribution in [2.45, 2.75) is 37.5 Å². The Morgan fingerprint density at radius 3 is 2.22 bits per heavy atom. The van der Waals surface area contributed by atoms with Gasteiger partial charge in [-0.2, -0.15) is 0 Å². The summed E-state index contributed by atoms with van der Waals surface area (Å²) < 4.78 is 0. The van der Waals surface area contributed by atoms with Crippen LogP contribution in [0.15, 0.2) is 54.6 Å². The lowest BCUT2D eigenvalue weighted by atomic mass is 9.43. The van der Waals surface area contributed by atoms with Crippen molar-refractivity contribution < 1.29 is 0 Å². The second-order valence-corrected chi connectivity index (χ2v) is 10.0. The summed E-state index contributed by atoms with van der Waals surface area (Å²) >= 11 is 6.52. The van der Waals surface area contributed by atoms with Crippen molar-refractivity contribution in [2.75, 3.05) is 0 Å². The molecule has 0 nitrogen and oxygen atoms in total. The number of hydrogen-bond donors (Lipinski definition) is 0. The molecule has 134 valence electrons. The fraction of sp³-hybridized carbons (Fsp3) is 0.385. The van der Waals surface area contributed by atoms with Crippen LogP contribution in [0.2, 0.25) is 5.02 Å². The normalized spacial score (nSPS) is 35.0. The Hall–Kier alpha value is -1.79. The first-order chi connectivity index (χ1) is 13.2. The van der Waals surface area contributed by atoms with Gasteiger partial charge in [-0.3, -0.25) is 0 Å². The second-order valence-electron chi connectivity index (χ2n) is 9.57. The van der Waals surface area contributed by atoms with Crippen LogP contribution >= 0.6 is 11.6 Å². The Balaban J connectivity index is 1.62. The van der Waals surface area contributed by atoms with Gasteiger partial charge in [0.05, 0.1) is 0 Å². The third-order valence-corrected chi connectivity index (χ3v) is 8.73. The molecule has 5 aliphatic rings. The monoisotopic (exact) mass is 370 g/mol. The zero-order chi connectivity index (χ0) is 17.8. The molecule has 0 aliphatic heterocycles. The van der Waals surface area contributed by atoms with Crippen LogP contribution in [0.25, 0.3) is 21.9 Å². The van der Waals surface area contributed by atoms with Gasteiger partial charge in [-0.05, 0) is 101 Å². The summed E-state index contributed by atoms with van der Waals surface area (Å²) in [5.74, 6) is 3.60. The Labute approximate surface area is 165 Å². The molecule has 0 heterocycles. The van der Waals surface area contributed by atoms with Crippen molar-refractivity contribution in [3.63, 3.8) is 0 Å². The molecule has 0 radical (unpaired) electrons. The third kappa shape index (κ3) is 1.72. The minimum absolute atomic E-state index is 0.243. The highest BCUT2D eigenvalue weighted by molar-refractivity contribution is 6.31. The van der Waals surface area contributed by atoms with Gasteiger partial charge in [-0.1, -0.05) is 54.1 Å². The van der Waals surface area contributed by atoms with E-state index >= 15 is 0 Å². The molecule has 0 atom stereocenters. The summed E-state index contributed by atoms with van der Waals surface area (Å²) in [6, 6.07) is 20.5. The molecule has 27 heavy (non-hydrogen) atoms. The van der Waals surface area contributed by atoms with Crippen molar-refractivity contribution in [1.82, 2.24) is 0 Å². The summed E-state index contributed by atoms with van der Waals surface area (Å²) in [6.45, 7) is 0. The number of rotatable bonds is 0. The van der Waals surface area contributed by atoms with E-state index in [9.17, 15) is 0 Å². The molecule has 1 heteroatoms. The zero-order valence-electron chi connectivity index (χ0n) is 15.4. The van der Waals surface area contributed by atoms with Gasteiger partial charge >= 0.3 is 0 Å². The predicted octanol–water partition coefficient (Wildman–Crippen LogP) is 7.22. The third-order valence-electron chi connectivity index (χ3n) is 8.50. The molecule has 4 bridgehead atoms. The number of halogens is 1. The van der Waals surface area contributed by atoms with Crippen molar-refractivity contribution in [1.29, 1.82) is 0 Å². The van der Waals surface area contributed by atoms with Gasteiger partial charge in [0.15, 0.2) is 0 Å². The Kier molecular flexibility index (Phi) is 2.79. The van der Waals surface area contributed by atoms with Crippen molar-refractivity contribution >= 4 is 22.4 Å². The summed E-state index contributed by atoms with van der Waals surface area (Å²) in [6.07, 6.45) is 7.23. The van der Waals surface area contributed by atoms with Gasteiger partial charge in [0.2, 0.25) is 0 Å². The van der Waals surface area contributed by atoms with Gasteiger partial charge in [0.25, 0.3) is 0 Å². The van der Waals surface area contributed by atoms with Gasteiger partial charge in [-0.15, -0.1) is 0 Å². The lowest BCUT2D eigenvalue weighted by molar-refractivity contribution is -0.0399. The second kappa shape index (κ2) is 4.97. The van der Waals surface area contributed by atoms with E-state index in [4.69, 9.17) is 11.6 Å². The fourth-order valence-electron chi connectivity index (χ4n) is 7.94. The quantitative estimate of drug-likeness (QED) is 0.392. The smallest absolute Gasteiger partial charge is 0.0412 e. The maximum atomic E-state index is 6.52. The maximum absolute atomic E-state index is 6.52. The van der Waals surface area contributed by atoms with Crippen molar-refractivity contribution in [3.8, 4) is 11.1 Å². The molecular weight excluding hydrogens is 348 g/mol. The van der Waals surface area contributed by atoms with Gasteiger partial charge in [0.1, 0.15) is 0 Å². The molecule has 5 aliphatic carbocycles. The SMILES string of the molecule is Clc1ccc2c(c1)-c1c(ccc3ccccc13)C21C2CC3CC(C2)CC1C3. The van der Waals surface area contributed by atoms with E-state index in [0.717, 1.165) is 28.7 Å².